The molecule has 3 rings (SSSR count). The number of aromatic nitrogens is 3. The smallest absolute Gasteiger partial charge is 0.163 e. The summed E-state index contributed by atoms with van der Waals surface area (Å²) in [4.78, 5) is 4.13. The molecule has 0 spiro atoms. The Kier molecular flexibility index (Phi) is 2.57. The van der Waals surface area contributed by atoms with Crippen LogP contribution < -0.4 is 0 Å². The quantitative estimate of drug-likeness (QED) is 0.584. The summed E-state index contributed by atoms with van der Waals surface area (Å²) < 4.78 is 16.3. The summed E-state index contributed by atoms with van der Waals surface area (Å²) in [6.07, 6.45) is 1.64. The highest BCUT2D eigenvalue weighted by molar-refractivity contribution is 9.10. The molecule has 0 aliphatic carbocycles. The third-order valence-electron chi connectivity index (χ3n) is 2.99. The summed E-state index contributed by atoms with van der Waals surface area (Å²) in [6.45, 7) is 1.84. The number of hydrogen-bond acceptors (Lipinski definition) is 2. The van der Waals surface area contributed by atoms with Crippen LogP contribution in [0.4, 0.5) is 4.39 Å². The third-order valence-corrected chi connectivity index (χ3v) is 4.25. The van der Waals surface area contributed by atoms with Gasteiger partial charge in [0.2, 0.25) is 0 Å². The molecule has 3 aromatic rings. The van der Waals surface area contributed by atoms with Crippen molar-refractivity contribution in [3.8, 4) is 0 Å². The molecular weight excluding hydrogens is 321 g/mol. The molecule has 0 atom stereocenters. The van der Waals surface area contributed by atoms with Gasteiger partial charge in [0.25, 0.3) is 0 Å². The topological polar surface area (TPSA) is 30.7 Å². The van der Waals surface area contributed by atoms with Crippen molar-refractivity contribution in [2.75, 3.05) is 0 Å². The summed E-state index contributed by atoms with van der Waals surface area (Å²) in [5.74, 6) is -0.394. The van der Waals surface area contributed by atoms with Gasteiger partial charge in [0.1, 0.15) is 10.7 Å². The lowest BCUT2D eigenvalue weighted by Crippen LogP contribution is -1.95. The predicted octanol–water partition coefficient (Wildman–Crippen LogP) is 3.98. The molecule has 0 saturated heterocycles. The molecule has 0 unspecified atom stereocenters. The summed E-state index contributed by atoms with van der Waals surface area (Å²) in [5, 5.41) is 5.86. The molecule has 1 aromatic carbocycles. The second-order valence-electron chi connectivity index (χ2n) is 4.15. The Bertz CT molecular complexity index is 797. The number of fused-ring (bicyclic) bond motifs is 3. The lowest BCUT2D eigenvalue weighted by Gasteiger charge is -2.07. The number of benzene rings is 1. The second-order valence-corrected chi connectivity index (χ2v) is 5.30. The highest BCUT2D eigenvalue weighted by atomic mass is 79.9. The van der Waals surface area contributed by atoms with Crippen molar-refractivity contribution in [2.24, 2.45) is 7.05 Å². The van der Waals surface area contributed by atoms with Gasteiger partial charge in [-0.15, -0.1) is 0 Å². The lowest BCUT2D eigenvalue weighted by atomic mass is 10.1. The molecule has 0 N–H and O–H groups in total. The van der Waals surface area contributed by atoms with E-state index >= 15 is 0 Å². The van der Waals surface area contributed by atoms with E-state index in [1.807, 2.05) is 13.0 Å². The van der Waals surface area contributed by atoms with Gasteiger partial charge in [-0.25, -0.2) is 9.37 Å². The first kappa shape index (κ1) is 11.9. The maximum Gasteiger partial charge on any atom is 0.163 e. The van der Waals surface area contributed by atoms with E-state index in [2.05, 4.69) is 26.0 Å². The molecule has 3 nitrogen and oxygen atoms in total. The Labute approximate surface area is 116 Å². The number of aryl methyl sites for hydroxylation is 2. The Morgan fingerprint density at radius 2 is 2.11 bits per heavy atom. The predicted molar refractivity (Wildman–Crippen MR) is 73.4 cm³/mol. The molecule has 0 amide bonds. The van der Waals surface area contributed by atoms with Crippen molar-refractivity contribution in [2.45, 2.75) is 6.92 Å². The number of nitrogens with zero attached hydrogens (tertiary/aromatic N) is 3. The number of pyridine rings is 1. The average Bonchev–Trinajstić information content (AvgIpc) is 2.72. The molecule has 0 aliphatic heterocycles. The fraction of sp³-hybridized carbons (Fsp3) is 0.167. The van der Waals surface area contributed by atoms with Gasteiger partial charge in [-0.3, -0.25) is 4.68 Å². The number of hydrogen-bond donors (Lipinski definition) is 0. The van der Waals surface area contributed by atoms with Crippen molar-refractivity contribution in [3.05, 3.63) is 33.3 Å². The van der Waals surface area contributed by atoms with E-state index < -0.39 is 5.82 Å². The summed E-state index contributed by atoms with van der Waals surface area (Å²) in [6, 6.07) is 1.88. The average molecular weight is 329 g/mol. The van der Waals surface area contributed by atoms with Crippen molar-refractivity contribution in [1.82, 2.24) is 14.8 Å². The molecule has 0 saturated carbocycles. The minimum atomic E-state index is -0.394. The van der Waals surface area contributed by atoms with Gasteiger partial charge in [-0.1, -0.05) is 11.6 Å². The molecule has 18 heavy (non-hydrogen) atoms. The van der Waals surface area contributed by atoms with E-state index in [4.69, 9.17) is 11.6 Å². The zero-order valence-corrected chi connectivity index (χ0v) is 12.0. The van der Waals surface area contributed by atoms with E-state index in [-0.39, 0.29) is 10.7 Å². The zero-order valence-electron chi connectivity index (χ0n) is 9.63. The third kappa shape index (κ3) is 1.47. The zero-order chi connectivity index (χ0) is 13.0. The van der Waals surface area contributed by atoms with Crippen LogP contribution in [0.1, 0.15) is 5.56 Å². The Morgan fingerprint density at radius 1 is 1.39 bits per heavy atom. The molecule has 2 aromatic heterocycles. The minimum Gasteiger partial charge on any atom is -0.267 e. The fourth-order valence-corrected chi connectivity index (χ4v) is 2.62. The van der Waals surface area contributed by atoms with Gasteiger partial charge >= 0.3 is 0 Å². The van der Waals surface area contributed by atoms with Crippen LogP contribution in [0.15, 0.2) is 16.7 Å². The highest BCUT2D eigenvalue weighted by Crippen LogP contribution is 2.34. The number of rotatable bonds is 0. The SMILES string of the molecule is Cc1cc2c(nc(Cl)c3cnn(C)c32)c(F)c1Br. The monoisotopic (exact) mass is 327 g/mol. The number of halogens is 3. The highest BCUT2D eigenvalue weighted by Gasteiger charge is 2.16. The van der Waals surface area contributed by atoms with Gasteiger partial charge in [-0.05, 0) is 34.5 Å². The van der Waals surface area contributed by atoms with Gasteiger partial charge < -0.3 is 0 Å². The molecule has 0 aliphatic rings. The van der Waals surface area contributed by atoms with Crippen molar-refractivity contribution in [1.29, 1.82) is 0 Å². The molecule has 0 radical (unpaired) electrons. The van der Waals surface area contributed by atoms with Crippen molar-refractivity contribution in [3.63, 3.8) is 0 Å². The second kappa shape index (κ2) is 3.90. The van der Waals surface area contributed by atoms with Crippen LogP contribution in [-0.4, -0.2) is 14.8 Å². The van der Waals surface area contributed by atoms with Crippen molar-refractivity contribution >= 4 is 49.3 Å². The summed E-state index contributed by atoms with van der Waals surface area (Å²) in [5.41, 5.74) is 1.86. The van der Waals surface area contributed by atoms with E-state index in [1.165, 1.54) is 0 Å². The molecule has 0 bridgehead atoms. The Hall–Kier alpha value is -1.20. The fourth-order valence-electron chi connectivity index (χ4n) is 2.10. The van der Waals surface area contributed by atoms with Crippen LogP contribution in [0.25, 0.3) is 21.8 Å². The minimum absolute atomic E-state index is 0.258. The first-order valence-corrected chi connectivity index (χ1v) is 6.43. The van der Waals surface area contributed by atoms with E-state index in [0.29, 0.717) is 9.86 Å². The van der Waals surface area contributed by atoms with Gasteiger partial charge in [0, 0.05) is 12.4 Å². The van der Waals surface area contributed by atoms with E-state index in [0.717, 1.165) is 16.5 Å². The standard InChI is InChI=1S/C12H8BrClFN3/c1-5-3-6-10(9(15)8(5)13)17-12(14)7-4-16-18(2)11(6)7/h3-4H,1-2H3. The summed E-state index contributed by atoms with van der Waals surface area (Å²) in [7, 11) is 1.80. The Balaban J connectivity index is 2.67. The maximum atomic E-state index is 14.2. The molecule has 6 heteroatoms. The van der Waals surface area contributed by atoms with Crippen molar-refractivity contribution < 1.29 is 4.39 Å². The lowest BCUT2D eigenvalue weighted by molar-refractivity contribution is 0.629. The Morgan fingerprint density at radius 3 is 2.83 bits per heavy atom. The van der Waals surface area contributed by atoms with E-state index in [1.54, 1.807) is 17.9 Å². The largest absolute Gasteiger partial charge is 0.267 e. The molecular formula is C12H8BrClFN3. The van der Waals surface area contributed by atoms with Crippen LogP contribution in [0.3, 0.4) is 0 Å². The van der Waals surface area contributed by atoms with Crippen LogP contribution in [0, 0.1) is 12.7 Å². The van der Waals surface area contributed by atoms with Gasteiger partial charge in [0.15, 0.2) is 5.82 Å². The van der Waals surface area contributed by atoms with Gasteiger partial charge in [0.05, 0.1) is 21.6 Å². The van der Waals surface area contributed by atoms with Crippen LogP contribution >= 0.6 is 27.5 Å². The summed E-state index contributed by atoms with van der Waals surface area (Å²) >= 11 is 9.28. The first-order valence-electron chi connectivity index (χ1n) is 5.26. The van der Waals surface area contributed by atoms with Gasteiger partial charge in [-0.2, -0.15) is 5.10 Å². The van der Waals surface area contributed by atoms with Crippen LogP contribution in [0.2, 0.25) is 5.15 Å². The molecule has 92 valence electrons. The van der Waals surface area contributed by atoms with E-state index in [9.17, 15) is 4.39 Å². The van der Waals surface area contributed by atoms with Crippen LogP contribution in [0.5, 0.6) is 0 Å². The molecule has 2 heterocycles. The van der Waals surface area contributed by atoms with Crippen LogP contribution in [-0.2, 0) is 7.05 Å². The first-order chi connectivity index (χ1) is 8.50. The maximum absolute atomic E-state index is 14.2. The normalized spacial score (nSPS) is 11.6. The molecule has 0 fully saturated rings.